The lowest BCUT2D eigenvalue weighted by molar-refractivity contribution is -0.254. The van der Waals surface area contributed by atoms with Gasteiger partial charge in [0, 0.05) is 5.41 Å². The van der Waals surface area contributed by atoms with Crippen LogP contribution in [0.1, 0.15) is 119 Å². The second-order valence-electron chi connectivity index (χ2n) is 15.2. The molecule has 5 saturated carbocycles. The van der Waals surface area contributed by atoms with E-state index in [0.717, 1.165) is 25.2 Å². The molecule has 0 heterocycles. The minimum Gasteiger partial charge on any atom is -0.393 e. The van der Waals surface area contributed by atoms with Crippen molar-refractivity contribution in [1.82, 2.24) is 0 Å². The van der Waals surface area contributed by atoms with Gasteiger partial charge in [-0.3, -0.25) is 0 Å². The Morgan fingerprint density at radius 3 is 2.18 bits per heavy atom. The van der Waals surface area contributed by atoms with Crippen molar-refractivity contribution in [2.75, 3.05) is 0 Å². The van der Waals surface area contributed by atoms with Crippen LogP contribution in [0, 0.1) is 62.6 Å². The Balaban J connectivity index is 1.55. The van der Waals surface area contributed by atoms with E-state index in [0.29, 0.717) is 45.8 Å². The molecule has 0 saturated heterocycles. The molecule has 0 bridgehead atoms. The van der Waals surface area contributed by atoms with Crippen LogP contribution in [-0.4, -0.2) is 17.5 Å². The summed E-state index contributed by atoms with van der Waals surface area (Å²) >= 11 is 0. The van der Waals surface area contributed by atoms with Gasteiger partial charge in [0.05, 0.1) is 6.10 Å². The van der Waals surface area contributed by atoms with E-state index >= 15 is 0 Å². The van der Waals surface area contributed by atoms with Gasteiger partial charge in [0.2, 0.25) is 0 Å². The van der Waals surface area contributed by atoms with Crippen LogP contribution in [0.5, 0.6) is 0 Å². The summed E-state index contributed by atoms with van der Waals surface area (Å²) in [4.78, 5) is 12.7. The first-order chi connectivity index (χ1) is 15.4. The molecule has 2 nitrogen and oxygen atoms in total. The van der Waals surface area contributed by atoms with Gasteiger partial charge >= 0.3 is 0 Å². The molecule has 0 aromatic carbocycles. The van der Waals surface area contributed by atoms with Gasteiger partial charge in [-0.15, -0.1) is 0 Å². The summed E-state index contributed by atoms with van der Waals surface area (Å²) in [5.74, 6) is 4.06. The van der Waals surface area contributed by atoms with Crippen LogP contribution < -0.4 is 0 Å². The van der Waals surface area contributed by atoms with Crippen LogP contribution in [0.15, 0.2) is 0 Å². The number of carbonyl (C=O) groups is 1. The monoisotopic (exact) mass is 456 g/mol. The van der Waals surface area contributed by atoms with E-state index in [9.17, 15) is 9.90 Å². The lowest BCUT2D eigenvalue weighted by Gasteiger charge is -2.73. The van der Waals surface area contributed by atoms with Gasteiger partial charge in [-0.1, -0.05) is 54.9 Å². The Kier molecular flexibility index (Phi) is 5.58. The normalized spacial score (nSPS) is 55.7. The highest BCUT2D eigenvalue weighted by molar-refractivity contribution is 5.61. The van der Waals surface area contributed by atoms with Gasteiger partial charge in [-0.25, -0.2) is 0 Å². The van der Waals surface area contributed by atoms with Gasteiger partial charge < -0.3 is 9.90 Å². The van der Waals surface area contributed by atoms with E-state index in [1.165, 1.54) is 57.7 Å². The van der Waals surface area contributed by atoms with E-state index in [-0.39, 0.29) is 16.9 Å². The maximum atomic E-state index is 12.7. The lowest BCUT2D eigenvalue weighted by Crippen LogP contribution is -2.67. The van der Waals surface area contributed by atoms with Gasteiger partial charge in [0.15, 0.2) is 0 Å². The third-order valence-corrected chi connectivity index (χ3v) is 13.9. The zero-order chi connectivity index (χ0) is 24.0. The van der Waals surface area contributed by atoms with E-state index in [1.54, 1.807) is 0 Å². The summed E-state index contributed by atoms with van der Waals surface area (Å²) in [5.41, 5.74) is 1.02. The molecule has 0 amide bonds. The SMILES string of the molecule is CC(C)C1CCC[C@]2(C=O)CC[C@]3(C)C(CCC4[C@@]5(C)CC[C@H](O)C(C)(C)C5CC[C@]43C)C12. The minimum atomic E-state index is -0.149. The molecule has 1 N–H and O–H groups in total. The van der Waals surface area contributed by atoms with E-state index in [1.807, 2.05) is 0 Å². The van der Waals surface area contributed by atoms with Crippen molar-refractivity contribution in [1.29, 1.82) is 0 Å². The first-order valence-electron chi connectivity index (χ1n) is 14.5. The molecule has 0 radical (unpaired) electrons. The highest BCUT2D eigenvalue weighted by atomic mass is 16.3. The molecule has 5 rings (SSSR count). The number of aliphatic hydroxyl groups is 1. The molecule has 10 atom stereocenters. The number of hydrogen-bond donors (Lipinski definition) is 1. The van der Waals surface area contributed by atoms with Crippen LogP contribution >= 0.6 is 0 Å². The third-order valence-electron chi connectivity index (χ3n) is 13.9. The summed E-state index contributed by atoms with van der Waals surface area (Å²) in [6, 6.07) is 0. The van der Waals surface area contributed by atoms with Crippen molar-refractivity contribution >= 4 is 6.29 Å². The van der Waals surface area contributed by atoms with Crippen molar-refractivity contribution in [2.24, 2.45) is 62.6 Å². The maximum absolute atomic E-state index is 12.7. The number of carbonyl (C=O) groups excluding carboxylic acids is 1. The second kappa shape index (κ2) is 7.57. The number of rotatable bonds is 2. The van der Waals surface area contributed by atoms with Crippen LogP contribution in [0.2, 0.25) is 0 Å². The molecule has 0 aromatic heterocycles. The van der Waals surface area contributed by atoms with Crippen molar-refractivity contribution in [3.8, 4) is 0 Å². The van der Waals surface area contributed by atoms with Crippen LogP contribution in [-0.2, 0) is 4.79 Å². The van der Waals surface area contributed by atoms with Crippen molar-refractivity contribution < 1.29 is 9.90 Å². The molecule has 0 aromatic rings. The average molecular weight is 457 g/mol. The van der Waals surface area contributed by atoms with E-state index < -0.39 is 0 Å². The van der Waals surface area contributed by atoms with Crippen molar-refractivity contribution in [3.63, 3.8) is 0 Å². The first-order valence-corrected chi connectivity index (χ1v) is 14.5. The summed E-state index contributed by atoms with van der Waals surface area (Å²) in [6.45, 7) is 17.5. The highest BCUT2D eigenvalue weighted by Crippen LogP contribution is 2.76. The maximum Gasteiger partial charge on any atom is 0.126 e. The zero-order valence-electron chi connectivity index (χ0n) is 22.8. The zero-order valence-corrected chi connectivity index (χ0v) is 22.8. The Hall–Kier alpha value is -0.370. The molecule has 0 aliphatic heterocycles. The standard InChI is InChI=1S/C31H52O2/c1-20(2)21-9-8-14-31(19-32)18-17-29(6)22(26(21)31)10-11-24-28(5)15-13-25(33)27(3,4)23(28)12-16-30(24,29)7/h19-26,33H,8-18H2,1-7H3/t21?,22?,23?,24?,25-,26?,28-,29+,30+,31+/m0/s1. The number of aldehydes is 1. The first kappa shape index (κ1) is 24.3. The Bertz CT molecular complexity index is 786. The highest BCUT2D eigenvalue weighted by Gasteiger charge is 2.70. The van der Waals surface area contributed by atoms with E-state index in [2.05, 4.69) is 48.5 Å². The number of hydrogen-bond acceptors (Lipinski definition) is 2. The van der Waals surface area contributed by atoms with Crippen LogP contribution in [0.25, 0.3) is 0 Å². The summed E-state index contributed by atoms with van der Waals surface area (Å²) in [6.07, 6.45) is 14.8. The molecule has 5 aliphatic rings. The molecule has 188 valence electrons. The smallest absolute Gasteiger partial charge is 0.126 e. The average Bonchev–Trinajstić information content (AvgIpc) is 2.76. The largest absolute Gasteiger partial charge is 0.393 e. The molecule has 5 fully saturated rings. The van der Waals surface area contributed by atoms with Crippen LogP contribution in [0.4, 0.5) is 0 Å². The Labute approximate surface area is 204 Å². The topological polar surface area (TPSA) is 37.3 Å². The predicted octanol–water partition coefficient (Wildman–Crippen LogP) is 7.67. The fraction of sp³-hybridized carbons (Fsp3) is 0.968. The summed E-state index contributed by atoms with van der Waals surface area (Å²) < 4.78 is 0. The van der Waals surface area contributed by atoms with E-state index in [4.69, 9.17) is 0 Å². The number of fused-ring (bicyclic) bond motifs is 7. The molecule has 0 spiro atoms. The van der Waals surface area contributed by atoms with Gasteiger partial charge in [0.25, 0.3) is 0 Å². The molecule has 2 heteroatoms. The third kappa shape index (κ3) is 2.97. The van der Waals surface area contributed by atoms with Gasteiger partial charge in [-0.2, -0.15) is 0 Å². The second-order valence-corrected chi connectivity index (χ2v) is 15.2. The Morgan fingerprint density at radius 1 is 0.788 bits per heavy atom. The molecular formula is C31H52O2. The summed E-state index contributed by atoms with van der Waals surface area (Å²) in [7, 11) is 0. The molecule has 5 aliphatic carbocycles. The minimum absolute atomic E-state index is 0.0252. The fourth-order valence-electron chi connectivity index (χ4n) is 11.9. The van der Waals surface area contributed by atoms with Gasteiger partial charge in [-0.05, 0) is 121 Å². The summed E-state index contributed by atoms with van der Waals surface area (Å²) in [5, 5.41) is 10.9. The number of aliphatic hydroxyl groups excluding tert-OH is 1. The predicted molar refractivity (Wildman–Crippen MR) is 136 cm³/mol. The van der Waals surface area contributed by atoms with Crippen molar-refractivity contribution in [2.45, 2.75) is 125 Å². The van der Waals surface area contributed by atoms with Gasteiger partial charge in [0.1, 0.15) is 6.29 Å². The quantitative estimate of drug-likeness (QED) is 0.433. The molecule has 33 heavy (non-hydrogen) atoms. The Morgan fingerprint density at radius 2 is 1.52 bits per heavy atom. The molecule has 5 unspecified atom stereocenters. The fourth-order valence-corrected chi connectivity index (χ4v) is 11.9. The lowest BCUT2D eigenvalue weighted by atomic mass is 9.31. The molecular weight excluding hydrogens is 404 g/mol. The van der Waals surface area contributed by atoms with Crippen molar-refractivity contribution in [3.05, 3.63) is 0 Å². The van der Waals surface area contributed by atoms with Crippen LogP contribution in [0.3, 0.4) is 0 Å².